The molecule has 1 heterocycles. The Hall–Kier alpha value is -0.240. The van der Waals surface area contributed by atoms with E-state index in [4.69, 9.17) is 11.5 Å². The van der Waals surface area contributed by atoms with Crippen LogP contribution in [0.25, 0.3) is 0 Å². The number of hydrazine groups is 1. The zero-order valence-electron chi connectivity index (χ0n) is 10.9. The van der Waals surface area contributed by atoms with Crippen LogP contribution in [0, 0.1) is 0 Å². The molecule has 1 aliphatic rings. The number of hydrogen-bond donors (Lipinski definition) is 6. The third-order valence-corrected chi connectivity index (χ3v) is 2.25. The van der Waals surface area contributed by atoms with Crippen LogP contribution in [0.2, 0.25) is 0 Å². The Morgan fingerprint density at radius 1 is 0.706 bits per heavy atom. The van der Waals surface area contributed by atoms with Crippen molar-refractivity contribution in [2.45, 2.75) is 25.7 Å². The first-order valence-electron chi connectivity index (χ1n) is 6.69. The molecule has 1 rings (SSSR count). The molecule has 0 aliphatic carbocycles. The van der Waals surface area contributed by atoms with Gasteiger partial charge in [-0.25, -0.2) is 10.9 Å². The summed E-state index contributed by atoms with van der Waals surface area (Å²) in [6.07, 6.45) is 4.63. The van der Waals surface area contributed by atoms with Gasteiger partial charge in [0.1, 0.15) is 0 Å². The molecule has 0 saturated carbocycles. The van der Waals surface area contributed by atoms with Crippen LogP contribution in [0.4, 0.5) is 0 Å². The largest absolute Gasteiger partial charge is 0.330 e. The average Bonchev–Trinajstić information content (AvgIpc) is 3.19. The number of nitrogens with one attached hydrogen (secondary N) is 4. The molecular weight excluding hydrogens is 216 g/mol. The number of unbranched alkanes of at least 4 members (excludes halogenated alkanes) is 1. The van der Waals surface area contributed by atoms with Crippen molar-refractivity contribution < 1.29 is 0 Å². The normalized spacial score (nSPS) is 13.1. The molecule has 0 atom stereocenters. The molecule has 1 saturated heterocycles. The SMILES string of the molecule is C1NN1.NCCCNCCCCNCCCN. The van der Waals surface area contributed by atoms with Crippen LogP contribution in [-0.2, 0) is 0 Å². The zero-order chi connectivity index (χ0) is 12.6. The monoisotopic (exact) mass is 246 g/mol. The molecule has 17 heavy (non-hydrogen) atoms. The summed E-state index contributed by atoms with van der Waals surface area (Å²) in [7, 11) is 0. The Bertz CT molecular complexity index is 116. The van der Waals surface area contributed by atoms with Crippen LogP contribution in [0.15, 0.2) is 0 Å². The van der Waals surface area contributed by atoms with Crippen LogP contribution in [0.1, 0.15) is 25.7 Å². The smallest absolute Gasteiger partial charge is 0.0721 e. The third kappa shape index (κ3) is 21.6. The lowest BCUT2D eigenvalue weighted by Gasteiger charge is -2.04. The van der Waals surface area contributed by atoms with Crippen LogP contribution >= 0.6 is 0 Å². The molecule has 104 valence electrons. The second-order valence-corrected chi connectivity index (χ2v) is 4.02. The van der Waals surface area contributed by atoms with Gasteiger partial charge in [0, 0.05) is 0 Å². The highest BCUT2D eigenvalue weighted by molar-refractivity contribution is 4.52. The van der Waals surface area contributed by atoms with E-state index in [1.807, 2.05) is 0 Å². The predicted molar refractivity (Wildman–Crippen MR) is 73.5 cm³/mol. The van der Waals surface area contributed by atoms with Gasteiger partial charge in [0.25, 0.3) is 0 Å². The highest BCUT2D eigenvalue weighted by Gasteiger charge is 1.89. The van der Waals surface area contributed by atoms with E-state index >= 15 is 0 Å². The first-order valence-corrected chi connectivity index (χ1v) is 6.69. The van der Waals surface area contributed by atoms with E-state index in [0.717, 1.165) is 58.8 Å². The van der Waals surface area contributed by atoms with Crippen molar-refractivity contribution in [3.8, 4) is 0 Å². The van der Waals surface area contributed by atoms with Crippen molar-refractivity contribution in [2.24, 2.45) is 11.5 Å². The van der Waals surface area contributed by atoms with Gasteiger partial charge >= 0.3 is 0 Å². The van der Waals surface area contributed by atoms with Crippen LogP contribution in [0.3, 0.4) is 0 Å². The van der Waals surface area contributed by atoms with Gasteiger partial charge in [-0.1, -0.05) is 0 Å². The first-order chi connectivity index (χ1) is 8.41. The molecule has 1 fully saturated rings. The molecule has 0 spiro atoms. The molecule has 0 aromatic heterocycles. The molecular formula is C11H30N6. The van der Waals surface area contributed by atoms with Gasteiger partial charge in [-0.05, 0) is 65.0 Å². The second-order valence-electron chi connectivity index (χ2n) is 4.02. The van der Waals surface area contributed by atoms with Gasteiger partial charge in [0.15, 0.2) is 0 Å². The van der Waals surface area contributed by atoms with Crippen molar-refractivity contribution in [2.75, 3.05) is 45.9 Å². The van der Waals surface area contributed by atoms with Gasteiger partial charge in [-0.3, -0.25) is 0 Å². The fraction of sp³-hybridized carbons (Fsp3) is 1.00. The van der Waals surface area contributed by atoms with E-state index in [9.17, 15) is 0 Å². The third-order valence-electron chi connectivity index (χ3n) is 2.25. The van der Waals surface area contributed by atoms with Crippen LogP contribution in [0.5, 0.6) is 0 Å². The lowest BCUT2D eigenvalue weighted by atomic mass is 10.3. The number of hydrogen-bond acceptors (Lipinski definition) is 6. The van der Waals surface area contributed by atoms with E-state index in [-0.39, 0.29) is 0 Å². The van der Waals surface area contributed by atoms with Gasteiger partial charge in [-0.15, -0.1) is 0 Å². The van der Waals surface area contributed by atoms with E-state index in [0.29, 0.717) is 0 Å². The lowest BCUT2D eigenvalue weighted by molar-refractivity contribution is 0.570. The summed E-state index contributed by atoms with van der Waals surface area (Å²) in [6, 6.07) is 0. The number of nitrogens with two attached hydrogens (primary N) is 2. The van der Waals surface area contributed by atoms with Gasteiger partial charge < -0.3 is 22.1 Å². The Morgan fingerprint density at radius 3 is 1.35 bits per heavy atom. The summed E-state index contributed by atoms with van der Waals surface area (Å²) in [5.41, 5.74) is 16.3. The van der Waals surface area contributed by atoms with Gasteiger partial charge in [0.2, 0.25) is 0 Å². The summed E-state index contributed by atoms with van der Waals surface area (Å²) in [6.45, 7) is 6.90. The minimum Gasteiger partial charge on any atom is -0.330 e. The fourth-order valence-electron chi connectivity index (χ4n) is 1.20. The summed E-state index contributed by atoms with van der Waals surface area (Å²) in [5, 5.41) is 6.72. The van der Waals surface area contributed by atoms with Crippen molar-refractivity contribution in [3.05, 3.63) is 0 Å². The Kier molecular flexibility index (Phi) is 15.5. The Morgan fingerprint density at radius 2 is 1.06 bits per heavy atom. The standard InChI is InChI=1S/C10H26N4.CH4N2/c11-5-3-9-13-7-1-2-8-14-10-4-6-12;1-2-3-1/h13-14H,1-12H2;2-3H,1H2. The maximum Gasteiger partial charge on any atom is 0.0721 e. The van der Waals surface area contributed by atoms with Crippen LogP contribution in [-0.4, -0.2) is 45.9 Å². The molecule has 0 unspecified atom stereocenters. The van der Waals surface area contributed by atoms with Crippen molar-refractivity contribution in [1.29, 1.82) is 0 Å². The quantitative estimate of drug-likeness (QED) is 0.199. The van der Waals surface area contributed by atoms with Crippen molar-refractivity contribution in [3.63, 3.8) is 0 Å². The van der Waals surface area contributed by atoms with Crippen molar-refractivity contribution in [1.82, 2.24) is 21.5 Å². The molecule has 0 aromatic carbocycles. The van der Waals surface area contributed by atoms with E-state index in [1.165, 1.54) is 12.8 Å². The lowest BCUT2D eigenvalue weighted by Crippen LogP contribution is -2.22. The fourth-order valence-corrected chi connectivity index (χ4v) is 1.20. The highest BCUT2D eigenvalue weighted by Crippen LogP contribution is 1.84. The second kappa shape index (κ2) is 15.8. The Balaban J connectivity index is 0.000000728. The molecule has 0 bridgehead atoms. The number of rotatable bonds is 11. The molecule has 0 amide bonds. The minimum absolute atomic E-state index is 0.785. The molecule has 0 radical (unpaired) electrons. The van der Waals surface area contributed by atoms with Gasteiger partial charge in [-0.2, -0.15) is 0 Å². The first kappa shape index (κ1) is 16.8. The zero-order valence-corrected chi connectivity index (χ0v) is 10.9. The summed E-state index contributed by atoms with van der Waals surface area (Å²) in [5.74, 6) is 0. The summed E-state index contributed by atoms with van der Waals surface area (Å²) in [4.78, 5) is 0. The van der Waals surface area contributed by atoms with Gasteiger partial charge in [0.05, 0.1) is 6.67 Å². The molecule has 8 N–H and O–H groups in total. The minimum atomic E-state index is 0.785. The molecule has 1 aliphatic heterocycles. The maximum atomic E-state index is 5.38. The average molecular weight is 246 g/mol. The molecule has 6 heteroatoms. The Labute approximate surface area is 105 Å². The van der Waals surface area contributed by atoms with Crippen molar-refractivity contribution >= 4 is 0 Å². The van der Waals surface area contributed by atoms with E-state index in [1.54, 1.807) is 0 Å². The topological polar surface area (TPSA) is 120 Å². The van der Waals surface area contributed by atoms with E-state index in [2.05, 4.69) is 21.5 Å². The highest BCUT2D eigenvalue weighted by atomic mass is 15.6. The van der Waals surface area contributed by atoms with E-state index < -0.39 is 0 Å². The van der Waals surface area contributed by atoms with Crippen LogP contribution < -0.4 is 33.0 Å². The summed E-state index contributed by atoms with van der Waals surface area (Å²) >= 11 is 0. The summed E-state index contributed by atoms with van der Waals surface area (Å²) < 4.78 is 0. The maximum absolute atomic E-state index is 5.38. The molecule has 6 nitrogen and oxygen atoms in total. The predicted octanol–water partition coefficient (Wildman–Crippen LogP) is -1.30. The molecule has 0 aromatic rings.